The molecular weight excluding hydrogens is 374 g/mol. The van der Waals surface area contributed by atoms with Crippen molar-refractivity contribution < 1.29 is 23.9 Å². The zero-order chi connectivity index (χ0) is 21.2. The van der Waals surface area contributed by atoms with Crippen molar-refractivity contribution >= 4 is 17.8 Å². The Morgan fingerprint density at radius 2 is 1.69 bits per heavy atom. The van der Waals surface area contributed by atoms with Gasteiger partial charge in [0.25, 0.3) is 0 Å². The number of nitrogens with one attached hydrogen (secondary N) is 2. The highest BCUT2D eigenvalue weighted by Gasteiger charge is 2.28. The summed E-state index contributed by atoms with van der Waals surface area (Å²) < 4.78 is 10.0. The van der Waals surface area contributed by atoms with Gasteiger partial charge >= 0.3 is 5.97 Å². The van der Waals surface area contributed by atoms with Gasteiger partial charge in [-0.2, -0.15) is 0 Å². The maximum atomic E-state index is 12.9. The van der Waals surface area contributed by atoms with E-state index in [0.29, 0.717) is 11.4 Å². The Morgan fingerprint density at radius 3 is 2.31 bits per heavy atom. The quantitative estimate of drug-likeness (QED) is 0.610. The monoisotopic (exact) mass is 399 g/mol. The van der Waals surface area contributed by atoms with Crippen molar-refractivity contribution in [3.63, 3.8) is 0 Å². The van der Waals surface area contributed by atoms with Gasteiger partial charge in [-0.3, -0.25) is 9.59 Å². The molecule has 154 valence electrons. The molecule has 1 aromatic carbocycles. The minimum Gasteiger partial charge on any atom is -0.481 e. The van der Waals surface area contributed by atoms with Crippen LogP contribution >= 0.6 is 0 Å². The first-order chi connectivity index (χ1) is 13.9. The van der Waals surface area contributed by atoms with Crippen LogP contribution in [0.2, 0.25) is 0 Å². The lowest BCUT2D eigenvalue weighted by Gasteiger charge is -2.22. The molecule has 2 atom stereocenters. The topological polar surface area (TPSA) is 107 Å². The van der Waals surface area contributed by atoms with Crippen LogP contribution in [0.5, 0.6) is 5.88 Å². The zero-order valence-corrected chi connectivity index (χ0v) is 16.7. The Morgan fingerprint density at radius 1 is 0.966 bits per heavy atom. The molecule has 0 bridgehead atoms. The van der Waals surface area contributed by atoms with E-state index in [9.17, 15) is 14.4 Å². The summed E-state index contributed by atoms with van der Waals surface area (Å²) in [7, 11) is 2.72. The highest BCUT2D eigenvalue weighted by molar-refractivity contribution is 5.90. The lowest BCUT2D eigenvalue weighted by atomic mass is 10.0. The number of methoxy groups -OCH3 is 2. The molecule has 8 nitrogen and oxygen atoms in total. The molecule has 8 heteroatoms. The average Bonchev–Trinajstić information content (AvgIpc) is 2.73. The van der Waals surface area contributed by atoms with E-state index in [1.54, 1.807) is 18.3 Å². The summed E-state index contributed by atoms with van der Waals surface area (Å²) in [5.41, 5.74) is 1.52. The summed E-state index contributed by atoms with van der Waals surface area (Å²) in [5.74, 6) is -1.07. The number of nitrogens with zero attached hydrogens (tertiary/aromatic N) is 1. The lowest BCUT2D eigenvalue weighted by molar-refractivity contribution is -0.145. The van der Waals surface area contributed by atoms with E-state index in [1.165, 1.54) is 21.1 Å². The molecule has 0 fully saturated rings. The van der Waals surface area contributed by atoms with E-state index in [2.05, 4.69) is 15.6 Å². The van der Waals surface area contributed by atoms with Crippen molar-refractivity contribution in [1.82, 2.24) is 15.6 Å². The van der Waals surface area contributed by atoms with Gasteiger partial charge in [-0.1, -0.05) is 36.4 Å². The summed E-state index contributed by atoms with van der Waals surface area (Å²) in [6, 6.07) is 11.0. The molecule has 2 rings (SSSR count). The number of hydrogen-bond donors (Lipinski definition) is 2. The molecule has 0 saturated heterocycles. The molecule has 1 heterocycles. The number of amides is 2. The molecule has 2 aromatic rings. The van der Waals surface area contributed by atoms with E-state index in [1.807, 2.05) is 30.3 Å². The first-order valence-corrected chi connectivity index (χ1v) is 9.11. The summed E-state index contributed by atoms with van der Waals surface area (Å²) >= 11 is 0. The number of carbonyl (C=O) groups excluding carboxylic acids is 3. The second kappa shape index (κ2) is 10.8. The molecule has 2 amide bonds. The van der Waals surface area contributed by atoms with Gasteiger partial charge in [0.15, 0.2) is 0 Å². The fourth-order valence-corrected chi connectivity index (χ4v) is 2.90. The van der Waals surface area contributed by atoms with Crippen LogP contribution in [0, 0.1) is 0 Å². The van der Waals surface area contributed by atoms with Gasteiger partial charge in [0, 0.05) is 31.5 Å². The predicted octanol–water partition coefficient (Wildman–Crippen LogP) is 1.04. The van der Waals surface area contributed by atoms with Gasteiger partial charge in [0.05, 0.1) is 14.2 Å². The minimum absolute atomic E-state index is 0.132. The summed E-state index contributed by atoms with van der Waals surface area (Å²) in [4.78, 5) is 40.8. The molecule has 2 N–H and O–H groups in total. The number of benzene rings is 1. The molecule has 0 spiro atoms. The van der Waals surface area contributed by atoms with Crippen LogP contribution < -0.4 is 15.4 Å². The normalized spacial score (nSPS) is 12.4. The minimum atomic E-state index is -0.961. The third kappa shape index (κ3) is 6.60. The second-order valence-electron chi connectivity index (χ2n) is 6.40. The lowest BCUT2D eigenvalue weighted by Crippen LogP contribution is -2.53. The van der Waals surface area contributed by atoms with Crippen molar-refractivity contribution in [2.75, 3.05) is 14.2 Å². The molecule has 0 unspecified atom stereocenters. The predicted molar refractivity (Wildman–Crippen MR) is 106 cm³/mol. The van der Waals surface area contributed by atoms with Crippen molar-refractivity contribution in [2.24, 2.45) is 0 Å². The van der Waals surface area contributed by atoms with Crippen molar-refractivity contribution in [2.45, 2.75) is 31.8 Å². The maximum absolute atomic E-state index is 12.9. The fourth-order valence-electron chi connectivity index (χ4n) is 2.90. The van der Waals surface area contributed by atoms with Crippen LogP contribution in [0.3, 0.4) is 0 Å². The zero-order valence-electron chi connectivity index (χ0n) is 16.7. The number of esters is 1. The van der Waals surface area contributed by atoms with E-state index >= 15 is 0 Å². The molecule has 29 heavy (non-hydrogen) atoms. The highest BCUT2D eigenvalue weighted by Crippen LogP contribution is 2.16. The van der Waals surface area contributed by atoms with Gasteiger partial charge in [0.1, 0.15) is 12.1 Å². The van der Waals surface area contributed by atoms with Crippen LogP contribution in [-0.4, -0.2) is 49.1 Å². The molecule has 0 radical (unpaired) electrons. The van der Waals surface area contributed by atoms with Gasteiger partial charge < -0.3 is 20.1 Å². The Bertz CT molecular complexity index is 841. The molecule has 1 aromatic heterocycles. The number of pyridine rings is 1. The smallest absolute Gasteiger partial charge is 0.328 e. The molecular formula is C21H25N3O5. The SMILES string of the molecule is COC(=O)[C@@H](Cc1cccnc1OC)NC(=O)[C@H](Cc1ccccc1)NC(C)=O. The van der Waals surface area contributed by atoms with Crippen molar-refractivity contribution in [3.8, 4) is 5.88 Å². The maximum Gasteiger partial charge on any atom is 0.328 e. The van der Waals surface area contributed by atoms with Crippen molar-refractivity contribution in [3.05, 3.63) is 59.8 Å². The van der Waals surface area contributed by atoms with Gasteiger partial charge in [-0.25, -0.2) is 9.78 Å². The third-order valence-electron chi connectivity index (χ3n) is 4.25. The van der Waals surface area contributed by atoms with Crippen LogP contribution in [-0.2, 0) is 32.0 Å². The standard InChI is InChI=1S/C21H25N3O5/c1-14(25)23-17(12-15-8-5-4-6-9-15)19(26)24-18(21(27)29-3)13-16-10-7-11-22-20(16)28-2/h4-11,17-18H,12-13H2,1-3H3,(H,23,25)(H,24,26)/t17-,18+/m0/s1. The number of aromatic nitrogens is 1. The largest absolute Gasteiger partial charge is 0.481 e. The van der Waals surface area contributed by atoms with Crippen LogP contribution in [0.25, 0.3) is 0 Å². The second-order valence-corrected chi connectivity index (χ2v) is 6.40. The summed E-state index contributed by atoms with van der Waals surface area (Å²) in [6.45, 7) is 1.34. The molecule has 0 aliphatic rings. The van der Waals surface area contributed by atoms with Gasteiger partial charge in [-0.15, -0.1) is 0 Å². The van der Waals surface area contributed by atoms with Gasteiger partial charge in [-0.05, 0) is 11.6 Å². The van der Waals surface area contributed by atoms with Gasteiger partial charge in [0.2, 0.25) is 17.7 Å². The number of rotatable bonds is 9. The average molecular weight is 399 g/mol. The number of hydrogen-bond acceptors (Lipinski definition) is 6. The van der Waals surface area contributed by atoms with E-state index in [-0.39, 0.29) is 18.7 Å². The summed E-state index contributed by atoms with van der Waals surface area (Å²) in [5, 5.41) is 5.32. The Hall–Kier alpha value is -3.42. The number of ether oxygens (including phenoxy) is 2. The van der Waals surface area contributed by atoms with Crippen molar-refractivity contribution in [1.29, 1.82) is 0 Å². The first-order valence-electron chi connectivity index (χ1n) is 9.11. The van der Waals surface area contributed by atoms with E-state index in [4.69, 9.17) is 9.47 Å². The van der Waals surface area contributed by atoms with Crippen LogP contribution in [0.4, 0.5) is 0 Å². The summed E-state index contributed by atoms with van der Waals surface area (Å²) in [6.07, 6.45) is 1.99. The molecule has 0 aliphatic carbocycles. The first kappa shape index (κ1) is 21.9. The van der Waals surface area contributed by atoms with E-state index in [0.717, 1.165) is 5.56 Å². The Labute approximate surface area is 169 Å². The van der Waals surface area contributed by atoms with Crippen LogP contribution in [0.1, 0.15) is 18.1 Å². The molecule has 0 aliphatic heterocycles. The molecule has 0 saturated carbocycles. The third-order valence-corrected chi connectivity index (χ3v) is 4.25. The fraction of sp³-hybridized carbons (Fsp3) is 0.333. The highest BCUT2D eigenvalue weighted by atomic mass is 16.5. The van der Waals surface area contributed by atoms with Crippen LogP contribution in [0.15, 0.2) is 48.7 Å². The number of carbonyl (C=O) groups is 3. The Balaban J connectivity index is 2.19. The van der Waals surface area contributed by atoms with E-state index < -0.39 is 24.0 Å². The Kier molecular flexibility index (Phi) is 8.14.